The Kier molecular flexibility index (Phi) is 3.43. The van der Waals surface area contributed by atoms with Crippen LogP contribution in [-0.2, 0) is 6.42 Å². The zero-order chi connectivity index (χ0) is 16.7. The number of benzene rings is 2. The van der Waals surface area contributed by atoms with E-state index < -0.39 is 6.10 Å². The normalized spacial score (nSPS) is 12.8. The van der Waals surface area contributed by atoms with Crippen LogP contribution < -0.4 is 5.43 Å². The maximum Gasteiger partial charge on any atom is 0.198 e. The number of nitrogens with zero attached hydrogens (tertiary/aromatic N) is 1. The van der Waals surface area contributed by atoms with E-state index >= 15 is 0 Å². The minimum Gasteiger partial charge on any atom is -0.464 e. The van der Waals surface area contributed by atoms with Crippen molar-refractivity contribution >= 4 is 22.0 Å². The van der Waals surface area contributed by atoms with Crippen LogP contribution in [0.1, 0.15) is 23.1 Å². The molecule has 0 fully saturated rings. The molecule has 0 bridgehead atoms. The van der Waals surface area contributed by atoms with Gasteiger partial charge in [0.2, 0.25) is 0 Å². The van der Waals surface area contributed by atoms with Crippen molar-refractivity contribution in [2.45, 2.75) is 19.4 Å². The first-order valence-corrected chi connectivity index (χ1v) is 7.75. The number of nitrogens with one attached hydrogen (secondary N) is 1. The van der Waals surface area contributed by atoms with E-state index in [-0.39, 0.29) is 17.4 Å². The lowest BCUT2D eigenvalue weighted by atomic mass is 10.1. The van der Waals surface area contributed by atoms with E-state index in [0.29, 0.717) is 16.8 Å². The van der Waals surface area contributed by atoms with Gasteiger partial charge in [0, 0.05) is 6.42 Å². The van der Waals surface area contributed by atoms with Crippen LogP contribution in [0.3, 0.4) is 0 Å². The molecule has 1 atom stereocenters. The van der Waals surface area contributed by atoms with Gasteiger partial charge in [0.1, 0.15) is 17.7 Å². The van der Waals surface area contributed by atoms with Gasteiger partial charge in [0.25, 0.3) is 0 Å². The van der Waals surface area contributed by atoms with Crippen LogP contribution in [0.25, 0.3) is 22.0 Å². The minimum absolute atomic E-state index is 0.205. The molecule has 5 nitrogen and oxygen atoms in total. The average molecular weight is 320 g/mol. The second-order valence-corrected chi connectivity index (χ2v) is 5.94. The zero-order valence-corrected chi connectivity index (χ0v) is 13.1. The van der Waals surface area contributed by atoms with Crippen LogP contribution in [0.15, 0.2) is 57.9 Å². The Labute approximate surface area is 137 Å². The summed E-state index contributed by atoms with van der Waals surface area (Å²) in [5, 5.41) is 11.0. The van der Waals surface area contributed by atoms with Crippen LogP contribution in [-0.4, -0.2) is 15.1 Å². The average Bonchev–Trinajstić information content (AvgIpc) is 2.97. The number of imidazole rings is 1. The lowest BCUT2D eigenvalue weighted by Gasteiger charge is -2.09. The molecule has 0 amide bonds. The maximum atomic E-state index is 12.6. The first kappa shape index (κ1) is 14.7. The fourth-order valence-corrected chi connectivity index (χ4v) is 2.89. The largest absolute Gasteiger partial charge is 0.464 e. The molecular formula is C19H16N2O3. The van der Waals surface area contributed by atoms with Gasteiger partial charge in [0.05, 0.1) is 28.1 Å². The third kappa shape index (κ3) is 2.49. The number of aliphatic hydroxyl groups is 1. The molecule has 0 aliphatic heterocycles. The smallest absolute Gasteiger partial charge is 0.198 e. The van der Waals surface area contributed by atoms with Gasteiger partial charge >= 0.3 is 0 Å². The quantitative estimate of drug-likeness (QED) is 0.607. The molecule has 2 aromatic carbocycles. The van der Waals surface area contributed by atoms with Crippen molar-refractivity contribution in [2.24, 2.45) is 0 Å². The van der Waals surface area contributed by atoms with Crippen LogP contribution in [0, 0.1) is 6.92 Å². The van der Waals surface area contributed by atoms with Gasteiger partial charge < -0.3 is 14.5 Å². The molecule has 5 heteroatoms. The molecule has 0 saturated carbocycles. The van der Waals surface area contributed by atoms with Crippen molar-refractivity contribution in [1.82, 2.24) is 9.97 Å². The second kappa shape index (κ2) is 5.62. The monoisotopic (exact) mass is 320 g/mol. The SMILES string of the molecule is Cc1ccc2occ(C(O)Cc3nc4ccccc4[nH]3)c(=O)c2c1. The van der Waals surface area contributed by atoms with Crippen LogP contribution in [0.5, 0.6) is 0 Å². The van der Waals surface area contributed by atoms with E-state index in [9.17, 15) is 9.90 Å². The van der Waals surface area contributed by atoms with Crippen LogP contribution >= 0.6 is 0 Å². The standard InChI is InChI=1S/C19H16N2O3/c1-11-6-7-17-12(8-11)19(23)13(10-24-17)16(22)9-18-20-14-4-2-3-5-15(14)21-18/h2-8,10,16,22H,9H2,1H3,(H,20,21). The summed E-state index contributed by atoms with van der Waals surface area (Å²) in [5.41, 5.74) is 3.27. The van der Waals surface area contributed by atoms with Crippen molar-refractivity contribution in [2.75, 3.05) is 0 Å². The van der Waals surface area contributed by atoms with E-state index in [2.05, 4.69) is 9.97 Å². The van der Waals surface area contributed by atoms with Gasteiger partial charge in [0.15, 0.2) is 5.43 Å². The van der Waals surface area contributed by atoms with Gasteiger partial charge in [-0.15, -0.1) is 0 Å². The number of aromatic amines is 1. The van der Waals surface area contributed by atoms with Crippen molar-refractivity contribution in [1.29, 1.82) is 0 Å². The van der Waals surface area contributed by atoms with Gasteiger partial charge in [-0.25, -0.2) is 4.98 Å². The molecular weight excluding hydrogens is 304 g/mol. The number of H-pyrrole nitrogens is 1. The third-order valence-corrected chi connectivity index (χ3v) is 4.14. The summed E-state index contributed by atoms with van der Waals surface area (Å²) < 4.78 is 5.51. The molecule has 0 aliphatic rings. The summed E-state index contributed by atoms with van der Waals surface area (Å²) in [5.74, 6) is 0.632. The van der Waals surface area contributed by atoms with E-state index in [1.54, 1.807) is 12.1 Å². The first-order chi connectivity index (χ1) is 11.6. The van der Waals surface area contributed by atoms with Gasteiger partial charge in [-0.3, -0.25) is 4.79 Å². The lowest BCUT2D eigenvalue weighted by Crippen LogP contribution is -2.15. The second-order valence-electron chi connectivity index (χ2n) is 5.94. The van der Waals surface area contributed by atoms with Crippen molar-refractivity contribution in [3.63, 3.8) is 0 Å². The summed E-state index contributed by atoms with van der Waals surface area (Å²) in [7, 11) is 0. The Bertz CT molecular complexity index is 1060. The Balaban J connectivity index is 1.71. The third-order valence-electron chi connectivity index (χ3n) is 4.14. The molecule has 0 saturated heterocycles. The molecule has 4 aromatic rings. The zero-order valence-electron chi connectivity index (χ0n) is 13.1. The molecule has 0 radical (unpaired) electrons. The summed E-state index contributed by atoms with van der Waals surface area (Å²) in [6.45, 7) is 1.91. The van der Waals surface area contributed by atoms with Gasteiger partial charge in [-0.1, -0.05) is 23.8 Å². The highest BCUT2D eigenvalue weighted by atomic mass is 16.3. The van der Waals surface area contributed by atoms with Crippen molar-refractivity contribution < 1.29 is 9.52 Å². The molecule has 0 spiro atoms. The highest BCUT2D eigenvalue weighted by Crippen LogP contribution is 2.20. The molecule has 4 rings (SSSR count). The summed E-state index contributed by atoms with van der Waals surface area (Å²) in [6, 6.07) is 13.1. The number of aliphatic hydroxyl groups excluding tert-OH is 1. The number of para-hydroxylation sites is 2. The van der Waals surface area contributed by atoms with Crippen LogP contribution in [0.4, 0.5) is 0 Å². The fraction of sp³-hybridized carbons (Fsp3) is 0.158. The molecule has 1 unspecified atom stereocenters. The number of aromatic nitrogens is 2. The van der Waals surface area contributed by atoms with Crippen LogP contribution in [0.2, 0.25) is 0 Å². The van der Waals surface area contributed by atoms with Gasteiger partial charge in [-0.05, 0) is 31.2 Å². The Hall–Kier alpha value is -2.92. The number of hydrogen-bond donors (Lipinski definition) is 2. The Morgan fingerprint density at radius 2 is 2.08 bits per heavy atom. The Morgan fingerprint density at radius 1 is 1.25 bits per heavy atom. The number of aryl methyl sites for hydroxylation is 1. The molecule has 2 aromatic heterocycles. The number of rotatable bonds is 3. The van der Waals surface area contributed by atoms with E-state index in [0.717, 1.165) is 16.6 Å². The molecule has 120 valence electrons. The Morgan fingerprint density at radius 3 is 2.92 bits per heavy atom. The summed E-state index contributed by atoms with van der Waals surface area (Å²) in [6.07, 6.45) is 0.580. The van der Waals surface area contributed by atoms with Gasteiger partial charge in [-0.2, -0.15) is 0 Å². The lowest BCUT2D eigenvalue weighted by molar-refractivity contribution is 0.173. The van der Waals surface area contributed by atoms with Crippen molar-refractivity contribution in [3.05, 3.63) is 75.9 Å². The molecule has 2 N–H and O–H groups in total. The highest BCUT2D eigenvalue weighted by Gasteiger charge is 2.17. The molecule has 2 heterocycles. The van der Waals surface area contributed by atoms with E-state index in [1.807, 2.05) is 37.3 Å². The topological polar surface area (TPSA) is 79.1 Å². The highest BCUT2D eigenvalue weighted by molar-refractivity contribution is 5.77. The maximum absolute atomic E-state index is 12.6. The molecule has 24 heavy (non-hydrogen) atoms. The summed E-state index contributed by atoms with van der Waals surface area (Å²) >= 11 is 0. The summed E-state index contributed by atoms with van der Waals surface area (Å²) in [4.78, 5) is 20.2. The van der Waals surface area contributed by atoms with E-state index in [1.165, 1.54) is 6.26 Å². The molecule has 0 aliphatic carbocycles. The number of hydrogen-bond acceptors (Lipinski definition) is 4. The fourth-order valence-electron chi connectivity index (χ4n) is 2.89. The minimum atomic E-state index is -0.980. The predicted molar refractivity (Wildman–Crippen MR) is 92.0 cm³/mol. The number of fused-ring (bicyclic) bond motifs is 2. The predicted octanol–water partition coefficient (Wildman–Crippen LogP) is 3.25. The van der Waals surface area contributed by atoms with Crippen molar-refractivity contribution in [3.8, 4) is 0 Å². The first-order valence-electron chi connectivity index (χ1n) is 7.75. The van der Waals surface area contributed by atoms with E-state index in [4.69, 9.17) is 4.42 Å².